The van der Waals surface area contributed by atoms with E-state index >= 15 is 0 Å². The van der Waals surface area contributed by atoms with Gasteiger partial charge in [-0.15, -0.1) is 0 Å². The highest BCUT2D eigenvalue weighted by molar-refractivity contribution is 6.30. The molecule has 0 aliphatic heterocycles. The number of benzene rings is 3. The molecule has 1 aromatic heterocycles. The molecule has 0 aliphatic carbocycles. The molecule has 3 aromatic carbocycles. The highest BCUT2D eigenvalue weighted by Crippen LogP contribution is 2.30. The maximum absolute atomic E-state index is 5.93. The minimum absolute atomic E-state index is 0.727. The highest BCUT2D eigenvalue weighted by Gasteiger charge is 2.08. The van der Waals surface area contributed by atoms with Gasteiger partial charge in [-0.2, -0.15) is 5.10 Å². The van der Waals surface area contributed by atoms with E-state index in [-0.39, 0.29) is 0 Å². The van der Waals surface area contributed by atoms with E-state index in [1.807, 2.05) is 47.3 Å². The Kier molecular flexibility index (Phi) is 3.89. The van der Waals surface area contributed by atoms with Gasteiger partial charge in [0.25, 0.3) is 0 Å². The van der Waals surface area contributed by atoms with Crippen molar-refractivity contribution in [3.63, 3.8) is 0 Å². The average Bonchev–Trinajstić information content (AvgIpc) is 3.01. The summed E-state index contributed by atoms with van der Waals surface area (Å²) in [4.78, 5) is 0. The van der Waals surface area contributed by atoms with Crippen molar-refractivity contribution in [3.8, 4) is 11.1 Å². The van der Waals surface area contributed by atoms with E-state index in [9.17, 15) is 0 Å². The van der Waals surface area contributed by atoms with Crippen molar-refractivity contribution in [1.82, 2.24) is 4.68 Å². The molecule has 0 saturated carbocycles. The number of aromatic nitrogens is 1. The summed E-state index contributed by atoms with van der Waals surface area (Å²) < 4.78 is 1.92. The highest BCUT2D eigenvalue weighted by atomic mass is 35.5. The SMILES string of the molecule is Clc1ccc(C=Nn2cc(-c3ccccc3)c3ccccc32)cc1. The van der Waals surface area contributed by atoms with Crippen LogP contribution in [0.2, 0.25) is 5.02 Å². The van der Waals surface area contributed by atoms with Crippen LogP contribution in [-0.4, -0.2) is 10.9 Å². The van der Waals surface area contributed by atoms with Gasteiger partial charge in [-0.3, -0.25) is 0 Å². The summed E-state index contributed by atoms with van der Waals surface area (Å²) in [7, 11) is 0. The van der Waals surface area contributed by atoms with Crippen molar-refractivity contribution in [3.05, 3.63) is 95.6 Å². The average molecular weight is 331 g/mol. The van der Waals surface area contributed by atoms with Crippen LogP contribution in [0.5, 0.6) is 0 Å². The van der Waals surface area contributed by atoms with Gasteiger partial charge in [-0.1, -0.05) is 72.3 Å². The number of halogens is 1. The Morgan fingerprint density at radius 1 is 0.792 bits per heavy atom. The van der Waals surface area contributed by atoms with Crippen LogP contribution in [0.3, 0.4) is 0 Å². The van der Waals surface area contributed by atoms with E-state index in [2.05, 4.69) is 53.8 Å². The van der Waals surface area contributed by atoms with Gasteiger partial charge in [0.05, 0.1) is 11.7 Å². The summed E-state index contributed by atoms with van der Waals surface area (Å²) in [5.41, 5.74) is 4.47. The van der Waals surface area contributed by atoms with E-state index < -0.39 is 0 Å². The fourth-order valence-electron chi connectivity index (χ4n) is 2.78. The van der Waals surface area contributed by atoms with Gasteiger partial charge < -0.3 is 0 Å². The van der Waals surface area contributed by atoms with E-state index in [1.165, 1.54) is 16.5 Å². The molecular formula is C21H15ClN2. The zero-order valence-corrected chi connectivity index (χ0v) is 13.7. The predicted molar refractivity (Wildman–Crippen MR) is 102 cm³/mol. The monoisotopic (exact) mass is 330 g/mol. The van der Waals surface area contributed by atoms with Crippen LogP contribution in [0.4, 0.5) is 0 Å². The van der Waals surface area contributed by atoms with E-state index in [4.69, 9.17) is 11.6 Å². The fourth-order valence-corrected chi connectivity index (χ4v) is 2.91. The van der Waals surface area contributed by atoms with Crippen LogP contribution in [0, 0.1) is 0 Å². The molecule has 0 fully saturated rings. The molecule has 116 valence electrons. The third-order valence-corrected chi connectivity index (χ3v) is 4.23. The summed E-state index contributed by atoms with van der Waals surface area (Å²) in [6, 6.07) is 26.3. The van der Waals surface area contributed by atoms with Gasteiger partial charge in [0, 0.05) is 22.2 Å². The smallest absolute Gasteiger partial charge is 0.0724 e. The zero-order valence-electron chi connectivity index (χ0n) is 12.9. The topological polar surface area (TPSA) is 17.3 Å². The second-order valence-electron chi connectivity index (χ2n) is 5.57. The zero-order chi connectivity index (χ0) is 16.4. The Bertz CT molecular complexity index is 999. The summed E-state index contributed by atoms with van der Waals surface area (Å²) in [5, 5.41) is 6.55. The molecule has 0 unspecified atom stereocenters. The Balaban J connectivity index is 1.80. The van der Waals surface area contributed by atoms with Crippen LogP contribution in [0.15, 0.2) is 90.2 Å². The van der Waals surface area contributed by atoms with Gasteiger partial charge >= 0.3 is 0 Å². The number of hydrogen-bond donors (Lipinski definition) is 0. The largest absolute Gasteiger partial charge is 0.240 e. The van der Waals surface area contributed by atoms with E-state index in [1.54, 1.807) is 0 Å². The van der Waals surface area contributed by atoms with E-state index in [0.29, 0.717) is 0 Å². The minimum Gasteiger partial charge on any atom is -0.240 e. The minimum atomic E-state index is 0.727. The molecule has 4 rings (SSSR count). The fraction of sp³-hybridized carbons (Fsp3) is 0. The Morgan fingerprint density at radius 3 is 2.29 bits per heavy atom. The number of rotatable bonds is 3. The first kappa shape index (κ1) is 14.7. The molecule has 0 N–H and O–H groups in total. The molecule has 0 saturated heterocycles. The lowest BCUT2D eigenvalue weighted by Crippen LogP contribution is -1.88. The third kappa shape index (κ3) is 2.84. The summed E-state index contributed by atoms with van der Waals surface area (Å²) in [6.45, 7) is 0. The molecule has 1 heterocycles. The standard InChI is InChI=1S/C21H15ClN2/c22-18-12-10-16(11-13-18)14-23-24-15-20(17-6-2-1-3-7-17)19-8-4-5-9-21(19)24/h1-15H. The normalized spacial score (nSPS) is 11.4. The van der Waals surface area contributed by atoms with Crippen LogP contribution < -0.4 is 0 Å². The summed E-state index contributed by atoms with van der Waals surface area (Å²) in [6.07, 6.45) is 3.92. The lowest BCUT2D eigenvalue weighted by molar-refractivity contribution is 0.934. The molecule has 0 radical (unpaired) electrons. The molecule has 0 aliphatic rings. The van der Waals surface area contributed by atoms with Crippen molar-refractivity contribution < 1.29 is 0 Å². The van der Waals surface area contributed by atoms with Gasteiger partial charge in [-0.05, 0) is 29.3 Å². The van der Waals surface area contributed by atoms with Crippen molar-refractivity contribution in [2.75, 3.05) is 0 Å². The van der Waals surface area contributed by atoms with Crippen LogP contribution in [-0.2, 0) is 0 Å². The maximum atomic E-state index is 5.93. The maximum Gasteiger partial charge on any atom is 0.0724 e. The summed E-state index contributed by atoms with van der Waals surface area (Å²) >= 11 is 5.93. The van der Waals surface area contributed by atoms with Gasteiger partial charge in [0.15, 0.2) is 0 Å². The van der Waals surface area contributed by atoms with Gasteiger partial charge in [0.2, 0.25) is 0 Å². The lowest BCUT2D eigenvalue weighted by atomic mass is 10.1. The number of fused-ring (bicyclic) bond motifs is 1. The van der Waals surface area contributed by atoms with Crippen LogP contribution in [0.1, 0.15) is 5.56 Å². The van der Waals surface area contributed by atoms with Gasteiger partial charge in [0.1, 0.15) is 0 Å². The second kappa shape index (κ2) is 6.34. The third-order valence-electron chi connectivity index (χ3n) is 3.98. The molecule has 2 nitrogen and oxygen atoms in total. The van der Waals surface area contributed by atoms with Crippen LogP contribution in [0.25, 0.3) is 22.0 Å². The number of nitrogens with zero attached hydrogens (tertiary/aromatic N) is 2. The molecule has 4 aromatic rings. The Labute approximate surface area is 145 Å². The van der Waals surface area contributed by atoms with Crippen molar-refractivity contribution in [1.29, 1.82) is 0 Å². The lowest BCUT2D eigenvalue weighted by Gasteiger charge is -1.97. The Morgan fingerprint density at radius 2 is 1.50 bits per heavy atom. The molecule has 0 atom stereocenters. The molecular weight excluding hydrogens is 316 g/mol. The van der Waals surface area contributed by atoms with Gasteiger partial charge in [-0.25, -0.2) is 4.68 Å². The summed E-state index contributed by atoms with van der Waals surface area (Å²) in [5.74, 6) is 0. The van der Waals surface area contributed by atoms with Crippen molar-refractivity contribution in [2.45, 2.75) is 0 Å². The quantitative estimate of drug-likeness (QED) is 0.420. The first-order chi connectivity index (χ1) is 11.8. The van der Waals surface area contributed by atoms with E-state index in [0.717, 1.165) is 16.1 Å². The Hall–Kier alpha value is -2.84. The van der Waals surface area contributed by atoms with Crippen molar-refractivity contribution in [2.24, 2.45) is 5.10 Å². The molecule has 0 amide bonds. The predicted octanol–water partition coefficient (Wildman–Crippen LogP) is 5.84. The van der Waals surface area contributed by atoms with Crippen LogP contribution >= 0.6 is 11.6 Å². The number of para-hydroxylation sites is 1. The molecule has 3 heteroatoms. The first-order valence-corrected chi connectivity index (χ1v) is 8.14. The number of hydrogen-bond acceptors (Lipinski definition) is 1. The molecule has 0 bridgehead atoms. The van der Waals surface area contributed by atoms with Crippen molar-refractivity contribution >= 4 is 28.7 Å². The second-order valence-corrected chi connectivity index (χ2v) is 6.00. The molecule has 24 heavy (non-hydrogen) atoms. The molecule has 0 spiro atoms. The first-order valence-electron chi connectivity index (χ1n) is 7.77.